The van der Waals surface area contributed by atoms with Crippen LogP contribution in [0.2, 0.25) is 0 Å². The molecule has 1 saturated heterocycles. The first kappa shape index (κ1) is 11.7. The number of amides is 1. The predicted molar refractivity (Wildman–Crippen MR) is 67.9 cm³/mol. The number of fused-ring (bicyclic) bond motifs is 1. The molecule has 3 rings (SSSR count). The summed E-state index contributed by atoms with van der Waals surface area (Å²) in [5.41, 5.74) is 6.70. The van der Waals surface area contributed by atoms with Gasteiger partial charge < -0.3 is 10.6 Å². The molecule has 1 unspecified atom stereocenters. The Morgan fingerprint density at radius 3 is 2.89 bits per heavy atom. The van der Waals surface area contributed by atoms with Gasteiger partial charge in [0.05, 0.1) is 11.8 Å². The maximum Gasteiger partial charge on any atom is 0.257 e. The molecule has 5 heteroatoms. The van der Waals surface area contributed by atoms with E-state index in [-0.39, 0.29) is 5.91 Å². The van der Waals surface area contributed by atoms with Crippen LogP contribution >= 0.6 is 0 Å². The Bertz CT molecular complexity index is 456. The fraction of sp³-hybridized carbons (Fsp3) is 0.692. The number of likely N-dealkylation sites (tertiary alicyclic amines) is 1. The Hall–Kier alpha value is -1.36. The second-order valence-corrected chi connectivity index (χ2v) is 5.71. The van der Waals surface area contributed by atoms with Gasteiger partial charge in [-0.25, -0.2) is 0 Å². The largest absolute Gasteiger partial charge is 0.338 e. The highest BCUT2D eigenvalue weighted by Gasteiger charge is 2.38. The van der Waals surface area contributed by atoms with Crippen molar-refractivity contribution in [2.45, 2.75) is 25.3 Å². The summed E-state index contributed by atoms with van der Waals surface area (Å²) < 4.78 is 1.67. The van der Waals surface area contributed by atoms with Crippen molar-refractivity contribution in [2.24, 2.45) is 24.6 Å². The summed E-state index contributed by atoms with van der Waals surface area (Å²) in [7, 11) is 1.83. The highest BCUT2D eigenvalue weighted by atomic mass is 16.2. The molecule has 1 aromatic heterocycles. The second-order valence-electron chi connectivity index (χ2n) is 5.71. The van der Waals surface area contributed by atoms with Gasteiger partial charge in [-0.15, -0.1) is 0 Å². The van der Waals surface area contributed by atoms with E-state index < -0.39 is 0 Å². The number of nitrogens with zero attached hydrogens (tertiary/aromatic N) is 3. The molecule has 1 aliphatic heterocycles. The molecule has 0 aromatic carbocycles. The van der Waals surface area contributed by atoms with E-state index in [1.54, 1.807) is 17.1 Å². The van der Waals surface area contributed by atoms with E-state index in [4.69, 9.17) is 5.73 Å². The van der Waals surface area contributed by atoms with Crippen LogP contribution < -0.4 is 5.73 Å². The zero-order valence-electron chi connectivity index (χ0n) is 10.7. The highest BCUT2D eigenvalue weighted by Crippen LogP contribution is 2.36. The van der Waals surface area contributed by atoms with Crippen molar-refractivity contribution in [1.82, 2.24) is 14.7 Å². The summed E-state index contributed by atoms with van der Waals surface area (Å²) in [6, 6.07) is 0.333. The van der Waals surface area contributed by atoms with Gasteiger partial charge in [-0.1, -0.05) is 0 Å². The fourth-order valence-electron chi connectivity index (χ4n) is 3.35. The number of carbonyl (C=O) groups excluding carboxylic acids is 1. The van der Waals surface area contributed by atoms with Crippen LogP contribution in [0.4, 0.5) is 0 Å². The van der Waals surface area contributed by atoms with E-state index in [2.05, 4.69) is 5.10 Å². The third-order valence-electron chi connectivity index (χ3n) is 4.33. The third kappa shape index (κ3) is 2.03. The number of hydrogen-bond donors (Lipinski definition) is 1. The van der Waals surface area contributed by atoms with E-state index in [0.29, 0.717) is 23.4 Å². The number of aromatic nitrogens is 2. The zero-order chi connectivity index (χ0) is 12.7. The van der Waals surface area contributed by atoms with Crippen molar-refractivity contribution < 1.29 is 4.79 Å². The van der Waals surface area contributed by atoms with Crippen molar-refractivity contribution >= 4 is 5.91 Å². The van der Waals surface area contributed by atoms with Crippen molar-refractivity contribution in [2.75, 3.05) is 13.1 Å². The zero-order valence-corrected chi connectivity index (χ0v) is 10.7. The first-order valence-electron chi connectivity index (χ1n) is 6.67. The molecule has 2 heterocycles. The molecule has 1 saturated carbocycles. The summed E-state index contributed by atoms with van der Waals surface area (Å²) >= 11 is 0. The third-order valence-corrected chi connectivity index (χ3v) is 4.33. The minimum absolute atomic E-state index is 0.117. The Balaban J connectivity index is 1.70. The highest BCUT2D eigenvalue weighted by molar-refractivity contribution is 5.93. The average Bonchev–Trinajstić information content (AvgIpc) is 2.93. The molecule has 5 nitrogen and oxygen atoms in total. The Kier molecular flexibility index (Phi) is 2.86. The fourth-order valence-corrected chi connectivity index (χ4v) is 3.35. The van der Waals surface area contributed by atoms with Crippen LogP contribution in [0.15, 0.2) is 12.4 Å². The number of carbonyl (C=O) groups is 1. The monoisotopic (exact) mass is 248 g/mol. The van der Waals surface area contributed by atoms with Gasteiger partial charge in [0.15, 0.2) is 0 Å². The maximum atomic E-state index is 12.3. The van der Waals surface area contributed by atoms with Gasteiger partial charge in [0, 0.05) is 32.4 Å². The SMILES string of the molecule is Cn1cc(C(=O)N2C[C@H]3CC(N)CC[C@H]3C2)cn1. The first-order chi connectivity index (χ1) is 8.63. The van der Waals surface area contributed by atoms with Crippen LogP contribution in [0.25, 0.3) is 0 Å². The van der Waals surface area contributed by atoms with E-state index in [1.807, 2.05) is 11.9 Å². The number of hydrogen-bond acceptors (Lipinski definition) is 3. The molecule has 2 N–H and O–H groups in total. The van der Waals surface area contributed by atoms with Crippen LogP contribution in [0.1, 0.15) is 29.6 Å². The Labute approximate surface area is 107 Å². The first-order valence-corrected chi connectivity index (χ1v) is 6.67. The van der Waals surface area contributed by atoms with Crippen LogP contribution in [-0.2, 0) is 7.05 Å². The molecule has 3 atom stereocenters. The van der Waals surface area contributed by atoms with Gasteiger partial charge in [0.25, 0.3) is 5.91 Å². The van der Waals surface area contributed by atoms with Gasteiger partial charge in [-0.3, -0.25) is 9.48 Å². The molecule has 0 bridgehead atoms. The number of aryl methyl sites for hydroxylation is 1. The molecule has 1 amide bonds. The average molecular weight is 248 g/mol. The standard InChI is InChI=1S/C13H20N4O/c1-16-6-11(5-15-16)13(18)17-7-9-2-3-12(14)4-10(9)8-17/h5-6,9-10,12H,2-4,7-8,14H2,1H3/t9-,10+,12?/m0/s1. The van der Waals surface area contributed by atoms with Crippen molar-refractivity contribution in [3.63, 3.8) is 0 Å². The van der Waals surface area contributed by atoms with E-state index in [0.717, 1.165) is 25.9 Å². The minimum atomic E-state index is 0.117. The number of rotatable bonds is 1. The molecular weight excluding hydrogens is 228 g/mol. The van der Waals surface area contributed by atoms with Crippen molar-refractivity contribution in [1.29, 1.82) is 0 Å². The molecular formula is C13H20N4O. The number of nitrogens with two attached hydrogens (primary N) is 1. The maximum absolute atomic E-state index is 12.3. The molecule has 1 aromatic rings. The summed E-state index contributed by atoms with van der Waals surface area (Å²) in [6.07, 6.45) is 6.78. The van der Waals surface area contributed by atoms with Gasteiger partial charge in [0.2, 0.25) is 0 Å². The Morgan fingerprint density at radius 1 is 1.39 bits per heavy atom. The second kappa shape index (κ2) is 4.39. The molecule has 98 valence electrons. The molecule has 2 aliphatic rings. The van der Waals surface area contributed by atoms with Crippen LogP contribution in [0.3, 0.4) is 0 Å². The normalized spacial score (nSPS) is 31.4. The minimum Gasteiger partial charge on any atom is -0.338 e. The molecule has 0 spiro atoms. The molecule has 0 radical (unpaired) electrons. The Morgan fingerprint density at radius 2 is 2.17 bits per heavy atom. The lowest BCUT2D eigenvalue weighted by atomic mass is 9.79. The quantitative estimate of drug-likeness (QED) is 0.792. The van der Waals surface area contributed by atoms with Gasteiger partial charge in [-0.05, 0) is 31.1 Å². The lowest BCUT2D eigenvalue weighted by Crippen LogP contribution is -2.32. The van der Waals surface area contributed by atoms with Crippen LogP contribution in [-0.4, -0.2) is 39.7 Å². The smallest absolute Gasteiger partial charge is 0.257 e. The van der Waals surface area contributed by atoms with E-state index in [9.17, 15) is 4.79 Å². The van der Waals surface area contributed by atoms with E-state index in [1.165, 1.54) is 6.42 Å². The summed E-state index contributed by atoms with van der Waals surface area (Å²) in [6.45, 7) is 1.76. The van der Waals surface area contributed by atoms with Crippen molar-refractivity contribution in [3.8, 4) is 0 Å². The van der Waals surface area contributed by atoms with Gasteiger partial charge in [-0.2, -0.15) is 5.10 Å². The van der Waals surface area contributed by atoms with Crippen molar-refractivity contribution in [3.05, 3.63) is 18.0 Å². The van der Waals surface area contributed by atoms with Crippen LogP contribution in [0.5, 0.6) is 0 Å². The van der Waals surface area contributed by atoms with Crippen LogP contribution in [0, 0.1) is 11.8 Å². The summed E-state index contributed by atoms with van der Waals surface area (Å²) in [4.78, 5) is 14.3. The topological polar surface area (TPSA) is 64.2 Å². The molecule has 1 aliphatic carbocycles. The van der Waals surface area contributed by atoms with Gasteiger partial charge in [0.1, 0.15) is 0 Å². The summed E-state index contributed by atoms with van der Waals surface area (Å²) in [5, 5.41) is 4.06. The molecule has 18 heavy (non-hydrogen) atoms. The van der Waals surface area contributed by atoms with E-state index >= 15 is 0 Å². The predicted octanol–water partition coefficient (Wildman–Crippen LogP) is 0.619. The lowest BCUT2D eigenvalue weighted by molar-refractivity contribution is 0.0784. The lowest BCUT2D eigenvalue weighted by Gasteiger charge is -2.27. The molecule has 2 fully saturated rings. The summed E-state index contributed by atoms with van der Waals surface area (Å²) in [5.74, 6) is 1.38. The van der Waals surface area contributed by atoms with Gasteiger partial charge >= 0.3 is 0 Å².